The third-order valence-corrected chi connectivity index (χ3v) is 7.15. The zero-order valence-electron chi connectivity index (χ0n) is 18.4. The number of nitrogens with zero attached hydrogens (tertiary/aromatic N) is 1. The van der Waals surface area contributed by atoms with Gasteiger partial charge in [-0.25, -0.2) is 4.39 Å². The van der Waals surface area contributed by atoms with E-state index < -0.39 is 0 Å². The van der Waals surface area contributed by atoms with Gasteiger partial charge in [-0.3, -0.25) is 0 Å². The van der Waals surface area contributed by atoms with Crippen LogP contribution in [0.1, 0.15) is 55.2 Å². The Morgan fingerprint density at radius 1 is 1.07 bits per heavy atom. The molecule has 0 spiro atoms. The van der Waals surface area contributed by atoms with Crippen molar-refractivity contribution in [1.82, 2.24) is 10.2 Å². The fourth-order valence-electron chi connectivity index (χ4n) is 5.24. The van der Waals surface area contributed by atoms with Crippen LogP contribution in [0.15, 0.2) is 42.5 Å². The Hall–Kier alpha value is -1.91. The van der Waals surface area contributed by atoms with E-state index in [1.807, 2.05) is 12.1 Å². The molecule has 0 amide bonds. The molecule has 0 aromatic heterocycles. The lowest BCUT2D eigenvalue weighted by Gasteiger charge is -2.32. The molecule has 0 atom stereocenters. The zero-order valence-corrected chi connectivity index (χ0v) is 18.4. The van der Waals surface area contributed by atoms with Crippen LogP contribution in [0.5, 0.6) is 5.75 Å². The molecule has 4 heteroatoms. The minimum atomic E-state index is -0.295. The third-order valence-electron chi connectivity index (χ3n) is 7.15. The highest BCUT2D eigenvalue weighted by atomic mass is 19.1. The predicted octanol–water partition coefficient (Wildman–Crippen LogP) is 5.28. The molecule has 30 heavy (non-hydrogen) atoms. The Labute approximate surface area is 180 Å². The highest BCUT2D eigenvalue weighted by molar-refractivity contribution is 5.36. The van der Waals surface area contributed by atoms with Crippen molar-refractivity contribution in [1.29, 1.82) is 0 Å². The van der Waals surface area contributed by atoms with Gasteiger partial charge < -0.3 is 15.0 Å². The monoisotopic (exact) mass is 410 g/mol. The summed E-state index contributed by atoms with van der Waals surface area (Å²) in [5.41, 5.74) is 3.83. The van der Waals surface area contributed by atoms with Gasteiger partial charge in [0.1, 0.15) is 0 Å². The first-order valence-electron chi connectivity index (χ1n) is 11.4. The van der Waals surface area contributed by atoms with E-state index in [4.69, 9.17) is 4.74 Å². The van der Waals surface area contributed by atoms with Gasteiger partial charge in [-0.05, 0) is 87.0 Å². The molecule has 3 nitrogen and oxygen atoms in total. The second kappa shape index (κ2) is 9.49. The van der Waals surface area contributed by atoms with Crippen LogP contribution in [0.2, 0.25) is 0 Å². The average molecular weight is 411 g/mol. The average Bonchev–Trinajstić information content (AvgIpc) is 3.25. The Morgan fingerprint density at radius 3 is 2.53 bits per heavy atom. The molecule has 1 saturated heterocycles. The first kappa shape index (κ1) is 21.3. The molecule has 2 aromatic carbocycles. The molecule has 4 rings (SSSR count). The summed E-state index contributed by atoms with van der Waals surface area (Å²) < 4.78 is 19.2. The summed E-state index contributed by atoms with van der Waals surface area (Å²) >= 11 is 0. The van der Waals surface area contributed by atoms with E-state index in [0.29, 0.717) is 5.75 Å². The molecule has 0 unspecified atom stereocenters. The molecule has 0 bridgehead atoms. The van der Waals surface area contributed by atoms with E-state index in [-0.39, 0.29) is 11.4 Å². The number of methoxy groups -OCH3 is 1. The summed E-state index contributed by atoms with van der Waals surface area (Å²) in [6.07, 6.45) is 8.34. The number of hydrogen-bond donors (Lipinski definition) is 1. The molecule has 2 aromatic rings. The maximum absolute atomic E-state index is 13.9. The van der Waals surface area contributed by atoms with Gasteiger partial charge in [0, 0.05) is 12.1 Å². The highest BCUT2D eigenvalue weighted by Crippen LogP contribution is 2.40. The maximum atomic E-state index is 13.9. The normalized spacial score (nSPS) is 19.8. The third kappa shape index (κ3) is 4.87. The minimum Gasteiger partial charge on any atom is -0.494 e. The van der Waals surface area contributed by atoms with E-state index in [9.17, 15) is 4.39 Å². The Kier molecular flexibility index (Phi) is 6.74. The molecule has 162 valence electrons. The van der Waals surface area contributed by atoms with Crippen LogP contribution >= 0.6 is 0 Å². The molecule has 1 N–H and O–H groups in total. The summed E-state index contributed by atoms with van der Waals surface area (Å²) in [4.78, 5) is 2.43. The van der Waals surface area contributed by atoms with Crippen LogP contribution in [0.4, 0.5) is 4.39 Å². The van der Waals surface area contributed by atoms with Crippen molar-refractivity contribution in [3.63, 3.8) is 0 Å². The van der Waals surface area contributed by atoms with E-state index in [1.54, 1.807) is 0 Å². The van der Waals surface area contributed by atoms with Crippen LogP contribution < -0.4 is 10.1 Å². The molecule has 2 aliphatic rings. The van der Waals surface area contributed by atoms with Crippen molar-refractivity contribution in [3.05, 3.63) is 65.0 Å². The minimum absolute atomic E-state index is 0.0923. The van der Waals surface area contributed by atoms with Crippen LogP contribution in [0.25, 0.3) is 0 Å². The fraction of sp³-hybridized carbons (Fsp3) is 0.538. The number of piperidine rings is 1. The lowest BCUT2D eigenvalue weighted by molar-refractivity contribution is 0.219. The predicted molar refractivity (Wildman–Crippen MR) is 120 cm³/mol. The number of hydrogen-bond acceptors (Lipinski definition) is 3. The van der Waals surface area contributed by atoms with Crippen molar-refractivity contribution in [3.8, 4) is 5.75 Å². The molecule has 2 fully saturated rings. The Bertz CT molecular complexity index is 839. The van der Waals surface area contributed by atoms with Gasteiger partial charge in [0.15, 0.2) is 11.6 Å². The van der Waals surface area contributed by atoms with E-state index in [1.165, 1.54) is 69.5 Å². The molecule has 1 heterocycles. The second-order valence-electron chi connectivity index (χ2n) is 9.26. The number of halogens is 1. The van der Waals surface area contributed by atoms with Crippen molar-refractivity contribution in [2.24, 2.45) is 5.92 Å². The molecular weight excluding hydrogens is 375 g/mol. The highest BCUT2D eigenvalue weighted by Gasteiger charge is 2.35. The van der Waals surface area contributed by atoms with Crippen molar-refractivity contribution in [2.75, 3.05) is 27.2 Å². The van der Waals surface area contributed by atoms with Gasteiger partial charge in [-0.15, -0.1) is 0 Å². The molecule has 1 aliphatic heterocycles. The number of ether oxygens (including phenoxy) is 1. The van der Waals surface area contributed by atoms with E-state index in [0.717, 1.165) is 30.9 Å². The van der Waals surface area contributed by atoms with Crippen LogP contribution in [0, 0.1) is 11.7 Å². The van der Waals surface area contributed by atoms with Crippen molar-refractivity contribution < 1.29 is 9.13 Å². The first-order chi connectivity index (χ1) is 14.6. The first-order valence-corrected chi connectivity index (χ1v) is 11.4. The second-order valence-corrected chi connectivity index (χ2v) is 9.26. The van der Waals surface area contributed by atoms with Gasteiger partial charge in [0.25, 0.3) is 0 Å². The summed E-state index contributed by atoms with van der Waals surface area (Å²) in [5, 5.41) is 3.85. The lowest BCUT2D eigenvalue weighted by atomic mass is 9.87. The standard InChI is InChI=1S/C26H35FN2O/c1-29-14-10-20(11-15-29)16-21-6-5-7-22(17-21)19-28-26(12-3-4-13-26)23-8-9-24(27)25(18-23)30-2/h5-9,17-18,20,28H,3-4,10-16,19H2,1-2H3. The summed E-state index contributed by atoms with van der Waals surface area (Å²) in [7, 11) is 3.75. The van der Waals surface area contributed by atoms with Gasteiger partial charge in [0.2, 0.25) is 0 Å². The smallest absolute Gasteiger partial charge is 0.165 e. The van der Waals surface area contributed by atoms with E-state index >= 15 is 0 Å². The quantitative estimate of drug-likeness (QED) is 0.672. The Balaban J connectivity index is 1.44. The number of rotatable bonds is 7. The van der Waals surface area contributed by atoms with Crippen molar-refractivity contribution in [2.45, 2.75) is 57.0 Å². The van der Waals surface area contributed by atoms with E-state index in [2.05, 4.69) is 41.5 Å². The van der Waals surface area contributed by atoms with Gasteiger partial charge >= 0.3 is 0 Å². The summed E-state index contributed by atoms with van der Waals surface area (Å²) in [5.74, 6) is 0.842. The lowest BCUT2D eigenvalue weighted by Crippen LogP contribution is -2.39. The molecule has 1 aliphatic carbocycles. The van der Waals surface area contributed by atoms with Gasteiger partial charge in [-0.1, -0.05) is 43.2 Å². The van der Waals surface area contributed by atoms with Crippen LogP contribution in [-0.2, 0) is 18.5 Å². The summed E-state index contributed by atoms with van der Waals surface area (Å²) in [6, 6.07) is 14.4. The number of benzene rings is 2. The largest absolute Gasteiger partial charge is 0.494 e. The Morgan fingerprint density at radius 2 is 1.80 bits per heavy atom. The maximum Gasteiger partial charge on any atom is 0.165 e. The fourth-order valence-corrected chi connectivity index (χ4v) is 5.24. The molecule has 1 saturated carbocycles. The van der Waals surface area contributed by atoms with Gasteiger partial charge in [-0.2, -0.15) is 0 Å². The van der Waals surface area contributed by atoms with Crippen molar-refractivity contribution >= 4 is 0 Å². The molecular formula is C26H35FN2O. The SMILES string of the molecule is COc1cc(C2(NCc3cccc(CC4CCN(C)CC4)c3)CCCC2)ccc1F. The number of likely N-dealkylation sites (tertiary alicyclic amines) is 1. The molecule has 0 radical (unpaired) electrons. The number of nitrogens with one attached hydrogen (secondary N) is 1. The zero-order chi connectivity index (χ0) is 21.0. The van der Waals surface area contributed by atoms with Gasteiger partial charge in [0.05, 0.1) is 7.11 Å². The van der Waals surface area contributed by atoms with Crippen LogP contribution in [0.3, 0.4) is 0 Å². The summed E-state index contributed by atoms with van der Waals surface area (Å²) in [6.45, 7) is 3.27. The topological polar surface area (TPSA) is 24.5 Å². The van der Waals surface area contributed by atoms with Crippen LogP contribution in [-0.4, -0.2) is 32.1 Å².